The molecule has 0 radical (unpaired) electrons. The molecule has 2 aliphatic carbocycles. The molecule has 0 aromatic carbocycles. The molecule has 3 atom stereocenters. The lowest BCUT2D eigenvalue weighted by atomic mass is 10.0. The summed E-state index contributed by atoms with van der Waals surface area (Å²) in [6, 6.07) is -0.539. The maximum atomic E-state index is 12.3. The summed E-state index contributed by atoms with van der Waals surface area (Å²) < 4.78 is 5.40. The average Bonchev–Trinajstić information content (AvgIpc) is 2.76. The summed E-state index contributed by atoms with van der Waals surface area (Å²) >= 11 is 0. The molecule has 2 unspecified atom stereocenters. The Morgan fingerprint density at radius 1 is 1.15 bits per heavy atom. The number of rotatable bonds is 4. The molecule has 114 valence electrons. The van der Waals surface area contributed by atoms with E-state index >= 15 is 0 Å². The van der Waals surface area contributed by atoms with Crippen LogP contribution in [0.15, 0.2) is 0 Å². The van der Waals surface area contributed by atoms with Gasteiger partial charge in [0.2, 0.25) is 5.91 Å². The number of fused-ring (bicyclic) bond motifs is 1. The number of amides is 1. The van der Waals surface area contributed by atoms with Crippen LogP contribution < -0.4 is 5.32 Å². The second-order valence-electron chi connectivity index (χ2n) is 7.55. The van der Waals surface area contributed by atoms with Gasteiger partial charge in [-0.15, -0.1) is 0 Å². The Morgan fingerprint density at radius 3 is 2.15 bits per heavy atom. The first-order valence-corrected chi connectivity index (χ1v) is 7.74. The molecule has 0 aromatic rings. The highest BCUT2D eigenvalue weighted by atomic mass is 16.6. The van der Waals surface area contributed by atoms with Crippen molar-refractivity contribution >= 4 is 11.9 Å². The first-order valence-electron chi connectivity index (χ1n) is 7.74. The van der Waals surface area contributed by atoms with E-state index in [0.29, 0.717) is 11.8 Å². The molecule has 4 heteroatoms. The number of hydrogen-bond donors (Lipinski definition) is 1. The SMILES string of the molecule is CC(C)[C@@H](NC(=O)C1C2CCCC21)C(=O)OC(C)(C)C. The third-order valence-electron chi connectivity index (χ3n) is 4.33. The second-order valence-corrected chi connectivity index (χ2v) is 7.55. The number of esters is 1. The van der Waals surface area contributed by atoms with E-state index in [0.717, 1.165) is 0 Å². The minimum absolute atomic E-state index is 0.0346. The zero-order valence-electron chi connectivity index (χ0n) is 13.2. The zero-order chi connectivity index (χ0) is 15.1. The van der Waals surface area contributed by atoms with Gasteiger partial charge in [-0.05, 0) is 51.4 Å². The van der Waals surface area contributed by atoms with Crippen molar-refractivity contribution in [1.82, 2.24) is 5.32 Å². The largest absolute Gasteiger partial charge is 0.458 e. The van der Waals surface area contributed by atoms with Crippen LogP contribution in [0.1, 0.15) is 53.9 Å². The minimum Gasteiger partial charge on any atom is -0.458 e. The van der Waals surface area contributed by atoms with E-state index in [1.165, 1.54) is 19.3 Å². The van der Waals surface area contributed by atoms with Crippen molar-refractivity contribution < 1.29 is 14.3 Å². The molecule has 1 amide bonds. The third-order valence-corrected chi connectivity index (χ3v) is 4.33. The predicted octanol–water partition coefficient (Wildman–Crippen LogP) is 2.52. The molecule has 0 aliphatic heterocycles. The molecule has 0 bridgehead atoms. The molecule has 0 heterocycles. The van der Waals surface area contributed by atoms with Crippen molar-refractivity contribution in [3.05, 3.63) is 0 Å². The van der Waals surface area contributed by atoms with E-state index in [4.69, 9.17) is 4.74 Å². The van der Waals surface area contributed by atoms with Crippen molar-refractivity contribution in [2.75, 3.05) is 0 Å². The molecule has 2 saturated carbocycles. The number of ether oxygens (including phenoxy) is 1. The van der Waals surface area contributed by atoms with E-state index < -0.39 is 11.6 Å². The number of carbonyl (C=O) groups excluding carboxylic acids is 2. The van der Waals surface area contributed by atoms with Crippen molar-refractivity contribution in [3.63, 3.8) is 0 Å². The Balaban J connectivity index is 1.92. The number of nitrogens with one attached hydrogen (secondary N) is 1. The summed E-state index contributed by atoms with van der Waals surface area (Å²) in [6.45, 7) is 9.39. The van der Waals surface area contributed by atoms with Crippen LogP contribution in [0.3, 0.4) is 0 Å². The van der Waals surface area contributed by atoms with Gasteiger partial charge in [-0.25, -0.2) is 4.79 Å². The van der Waals surface area contributed by atoms with Gasteiger partial charge >= 0.3 is 5.97 Å². The summed E-state index contributed by atoms with van der Waals surface area (Å²) in [4.78, 5) is 24.5. The zero-order valence-corrected chi connectivity index (χ0v) is 13.2. The molecular weight excluding hydrogens is 254 g/mol. The van der Waals surface area contributed by atoms with Gasteiger partial charge in [-0.3, -0.25) is 4.79 Å². The van der Waals surface area contributed by atoms with Gasteiger partial charge in [-0.2, -0.15) is 0 Å². The Bertz CT molecular complexity index is 387. The summed E-state index contributed by atoms with van der Waals surface area (Å²) in [6.07, 6.45) is 3.59. The van der Waals surface area contributed by atoms with Gasteiger partial charge in [-0.1, -0.05) is 20.3 Å². The standard InChI is InChI=1S/C16H27NO3/c1-9(2)13(15(19)20-16(3,4)5)17-14(18)12-10-7-6-8-11(10)12/h9-13H,6-8H2,1-5H3,(H,17,18)/t10?,11?,12?,13-/m1/s1. The van der Waals surface area contributed by atoms with Crippen LogP contribution in [0.25, 0.3) is 0 Å². The Morgan fingerprint density at radius 2 is 1.70 bits per heavy atom. The van der Waals surface area contributed by atoms with Crippen LogP contribution in [-0.2, 0) is 14.3 Å². The molecule has 4 nitrogen and oxygen atoms in total. The van der Waals surface area contributed by atoms with Crippen LogP contribution in [-0.4, -0.2) is 23.5 Å². The van der Waals surface area contributed by atoms with Gasteiger partial charge in [0, 0.05) is 5.92 Å². The van der Waals surface area contributed by atoms with Crippen molar-refractivity contribution in [2.24, 2.45) is 23.7 Å². The maximum Gasteiger partial charge on any atom is 0.329 e. The lowest BCUT2D eigenvalue weighted by Crippen LogP contribution is -2.48. The van der Waals surface area contributed by atoms with Crippen LogP contribution in [0, 0.1) is 23.7 Å². The van der Waals surface area contributed by atoms with E-state index in [-0.39, 0.29) is 23.7 Å². The maximum absolute atomic E-state index is 12.3. The van der Waals surface area contributed by atoms with Crippen molar-refractivity contribution in [2.45, 2.75) is 65.5 Å². The predicted molar refractivity (Wildman–Crippen MR) is 76.9 cm³/mol. The monoisotopic (exact) mass is 281 g/mol. The summed E-state index contributed by atoms with van der Waals surface area (Å²) in [5.74, 6) is 1.04. The highest BCUT2D eigenvalue weighted by Crippen LogP contribution is 2.57. The van der Waals surface area contributed by atoms with Crippen LogP contribution in [0.5, 0.6) is 0 Å². The summed E-state index contributed by atoms with van der Waals surface area (Å²) in [5.41, 5.74) is -0.523. The second kappa shape index (κ2) is 5.38. The van der Waals surface area contributed by atoms with E-state index in [2.05, 4.69) is 5.32 Å². The summed E-state index contributed by atoms with van der Waals surface area (Å²) in [5, 5.41) is 2.92. The number of hydrogen-bond acceptors (Lipinski definition) is 3. The van der Waals surface area contributed by atoms with E-state index in [1.807, 2.05) is 34.6 Å². The van der Waals surface area contributed by atoms with Gasteiger partial charge in [0.05, 0.1) is 0 Å². The first kappa shape index (κ1) is 15.3. The smallest absolute Gasteiger partial charge is 0.329 e. The fraction of sp³-hybridized carbons (Fsp3) is 0.875. The average molecular weight is 281 g/mol. The molecule has 0 spiro atoms. The Hall–Kier alpha value is -1.06. The van der Waals surface area contributed by atoms with Gasteiger partial charge < -0.3 is 10.1 Å². The lowest BCUT2D eigenvalue weighted by Gasteiger charge is -2.26. The van der Waals surface area contributed by atoms with Crippen LogP contribution in [0.2, 0.25) is 0 Å². The molecule has 2 aliphatic rings. The number of carbonyl (C=O) groups is 2. The molecule has 20 heavy (non-hydrogen) atoms. The fourth-order valence-electron chi connectivity index (χ4n) is 3.32. The van der Waals surface area contributed by atoms with Crippen molar-refractivity contribution in [1.29, 1.82) is 0 Å². The lowest BCUT2D eigenvalue weighted by molar-refractivity contribution is -0.160. The van der Waals surface area contributed by atoms with Crippen molar-refractivity contribution in [3.8, 4) is 0 Å². The quantitative estimate of drug-likeness (QED) is 0.806. The fourth-order valence-corrected chi connectivity index (χ4v) is 3.32. The highest BCUT2D eigenvalue weighted by Gasteiger charge is 2.56. The third kappa shape index (κ3) is 3.33. The topological polar surface area (TPSA) is 55.4 Å². The highest BCUT2D eigenvalue weighted by molar-refractivity contribution is 5.88. The van der Waals surface area contributed by atoms with Crippen LogP contribution >= 0.6 is 0 Å². The molecule has 2 fully saturated rings. The molecule has 1 N–H and O–H groups in total. The van der Waals surface area contributed by atoms with Gasteiger partial charge in [0.15, 0.2) is 0 Å². The molecule has 2 rings (SSSR count). The van der Waals surface area contributed by atoms with Gasteiger partial charge in [0.25, 0.3) is 0 Å². The van der Waals surface area contributed by atoms with E-state index in [9.17, 15) is 9.59 Å². The molecular formula is C16H27NO3. The molecule has 0 aromatic heterocycles. The summed E-state index contributed by atoms with van der Waals surface area (Å²) in [7, 11) is 0. The Labute approximate surface area is 121 Å². The molecule has 0 saturated heterocycles. The Kier molecular flexibility index (Phi) is 4.12. The first-order chi connectivity index (χ1) is 9.20. The normalized spacial score (nSPS) is 29.8. The minimum atomic E-state index is -0.539. The van der Waals surface area contributed by atoms with E-state index in [1.54, 1.807) is 0 Å². The van der Waals surface area contributed by atoms with Gasteiger partial charge in [0.1, 0.15) is 11.6 Å². The van der Waals surface area contributed by atoms with Crippen LogP contribution in [0.4, 0.5) is 0 Å².